The molecule has 0 aromatic heterocycles. The molecule has 6 heteroatoms. The van der Waals surface area contributed by atoms with Crippen LogP contribution in [0.15, 0.2) is 0 Å². The first kappa shape index (κ1) is 10.3. The van der Waals surface area contributed by atoms with Gasteiger partial charge in [0.05, 0.1) is 0 Å². The van der Waals surface area contributed by atoms with Gasteiger partial charge in [-0.1, -0.05) is 0 Å². The van der Waals surface area contributed by atoms with Crippen LogP contribution < -0.4 is 5.14 Å². The molecule has 4 nitrogen and oxygen atoms in total. The van der Waals surface area contributed by atoms with Crippen LogP contribution in [0.3, 0.4) is 0 Å². The summed E-state index contributed by atoms with van der Waals surface area (Å²) in [7, 11) is -3.48. The maximum Gasteiger partial charge on any atom is 0.276 e. The second-order valence-corrected chi connectivity index (χ2v) is 6.84. The van der Waals surface area contributed by atoms with Crippen molar-refractivity contribution in [2.45, 2.75) is 18.6 Å². The van der Waals surface area contributed by atoms with Gasteiger partial charge in [0.15, 0.2) is 0 Å². The van der Waals surface area contributed by atoms with Gasteiger partial charge in [-0.05, 0) is 13.8 Å². The van der Waals surface area contributed by atoms with Crippen LogP contribution in [0, 0.1) is 0 Å². The van der Waals surface area contributed by atoms with Crippen LogP contribution in [0.4, 0.5) is 0 Å². The molecule has 1 aliphatic rings. The highest BCUT2D eigenvalue weighted by Gasteiger charge is 2.31. The Labute approximate surface area is 77.7 Å². The molecule has 1 heterocycles. The molecule has 0 amide bonds. The highest BCUT2D eigenvalue weighted by Crippen LogP contribution is 2.29. The molecule has 2 N–H and O–H groups in total. The van der Waals surface area contributed by atoms with E-state index in [-0.39, 0.29) is 4.75 Å². The fraction of sp³-hybridized carbons (Fsp3) is 1.00. The third kappa shape index (κ3) is 2.62. The van der Waals surface area contributed by atoms with Crippen molar-refractivity contribution in [1.82, 2.24) is 4.31 Å². The summed E-state index contributed by atoms with van der Waals surface area (Å²) in [6, 6.07) is 0. The van der Waals surface area contributed by atoms with Crippen LogP contribution >= 0.6 is 11.8 Å². The normalized spacial score (nSPS) is 25.6. The van der Waals surface area contributed by atoms with Crippen LogP contribution in [-0.2, 0) is 10.2 Å². The number of thioether (sulfide) groups is 1. The molecule has 0 unspecified atom stereocenters. The van der Waals surface area contributed by atoms with E-state index >= 15 is 0 Å². The Bertz CT molecular complexity index is 261. The van der Waals surface area contributed by atoms with Gasteiger partial charge < -0.3 is 0 Å². The lowest BCUT2D eigenvalue weighted by Crippen LogP contribution is -2.48. The van der Waals surface area contributed by atoms with Crippen LogP contribution in [0.5, 0.6) is 0 Å². The van der Waals surface area contributed by atoms with Crippen molar-refractivity contribution in [3.05, 3.63) is 0 Å². The highest BCUT2D eigenvalue weighted by atomic mass is 32.2. The maximum absolute atomic E-state index is 11.0. The molecular weight excluding hydrogens is 196 g/mol. The van der Waals surface area contributed by atoms with E-state index in [0.29, 0.717) is 13.1 Å². The lowest BCUT2D eigenvalue weighted by Gasteiger charge is -2.35. The van der Waals surface area contributed by atoms with Gasteiger partial charge in [-0.3, -0.25) is 0 Å². The van der Waals surface area contributed by atoms with Gasteiger partial charge in [-0.25, -0.2) is 5.14 Å². The van der Waals surface area contributed by atoms with E-state index < -0.39 is 10.2 Å². The summed E-state index contributed by atoms with van der Waals surface area (Å²) in [5.41, 5.74) is 0. The van der Waals surface area contributed by atoms with Gasteiger partial charge >= 0.3 is 0 Å². The standard InChI is InChI=1S/C6H14N2O2S2/c1-6(2)5-8(3-4-11-6)12(7,9)10/h3-5H2,1-2H3,(H2,7,9,10). The highest BCUT2D eigenvalue weighted by molar-refractivity contribution is 8.00. The summed E-state index contributed by atoms with van der Waals surface area (Å²) >= 11 is 1.78. The molecule has 12 heavy (non-hydrogen) atoms. The first-order chi connectivity index (χ1) is 5.31. The van der Waals surface area contributed by atoms with E-state index in [1.54, 1.807) is 11.8 Å². The fourth-order valence-corrected chi connectivity index (χ4v) is 3.35. The molecule has 0 aromatic rings. The molecule has 1 fully saturated rings. The molecule has 0 aliphatic carbocycles. The van der Waals surface area contributed by atoms with Crippen molar-refractivity contribution >= 4 is 22.0 Å². The zero-order chi connectivity index (χ0) is 9.41. The van der Waals surface area contributed by atoms with Gasteiger partial charge in [0.25, 0.3) is 10.2 Å². The zero-order valence-corrected chi connectivity index (χ0v) is 8.91. The molecule has 72 valence electrons. The minimum Gasteiger partial charge on any atom is -0.216 e. The number of hydrogen-bond donors (Lipinski definition) is 1. The quantitative estimate of drug-likeness (QED) is 0.663. The Kier molecular flexibility index (Phi) is 2.72. The Morgan fingerprint density at radius 3 is 2.42 bits per heavy atom. The topological polar surface area (TPSA) is 63.4 Å². The molecule has 0 saturated carbocycles. The summed E-state index contributed by atoms with van der Waals surface area (Å²) < 4.78 is 23.3. The number of nitrogens with zero attached hydrogens (tertiary/aromatic N) is 1. The predicted molar refractivity (Wildman–Crippen MR) is 51.2 cm³/mol. The van der Waals surface area contributed by atoms with Gasteiger partial charge in [-0.15, -0.1) is 0 Å². The zero-order valence-electron chi connectivity index (χ0n) is 7.28. The number of nitrogens with two attached hydrogens (primary N) is 1. The monoisotopic (exact) mass is 210 g/mol. The van der Waals surface area contributed by atoms with Crippen LogP contribution in [0.2, 0.25) is 0 Å². The Morgan fingerprint density at radius 1 is 1.50 bits per heavy atom. The van der Waals surface area contributed by atoms with Crippen LogP contribution in [0.25, 0.3) is 0 Å². The van der Waals surface area contributed by atoms with Gasteiger partial charge in [0.1, 0.15) is 0 Å². The maximum atomic E-state index is 11.0. The average molecular weight is 210 g/mol. The molecule has 1 aliphatic heterocycles. The summed E-state index contributed by atoms with van der Waals surface area (Å²) in [5.74, 6) is 0.823. The lowest BCUT2D eigenvalue weighted by atomic mass is 10.2. The smallest absolute Gasteiger partial charge is 0.216 e. The predicted octanol–water partition coefficient (Wildman–Crippen LogP) is 0.0173. The second-order valence-electron chi connectivity index (χ2n) is 3.49. The van der Waals surface area contributed by atoms with Crippen molar-refractivity contribution in [3.63, 3.8) is 0 Å². The first-order valence-corrected chi connectivity index (χ1v) is 6.22. The average Bonchev–Trinajstić information content (AvgIpc) is 1.83. The lowest BCUT2D eigenvalue weighted by molar-refractivity contribution is 0.388. The van der Waals surface area contributed by atoms with Crippen molar-refractivity contribution in [1.29, 1.82) is 0 Å². The summed E-state index contributed by atoms with van der Waals surface area (Å²) in [6.07, 6.45) is 0. The van der Waals surface area contributed by atoms with Crippen molar-refractivity contribution in [2.24, 2.45) is 5.14 Å². The van der Waals surface area contributed by atoms with E-state index in [0.717, 1.165) is 5.75 Å². The molecule has 0 aromatic carbocycles. The van der Waals surface area contributed by atoms with E-state index in [9.17, 15) is 8.42 Å². The van der Waals surface area contributed by atoms with Gasteiger partial charge in [0, 0.05) is 23.6 Å². The van der Waals surface area contributed by atoms with E-state index in [2.05, 4.69) is 0 Å². The van der Waals surface area contributed by atoms with Gasteiger partial charge in [-0.2, -0.15) is 24.5 Å². The molecule has 1 rings (SSSR count). The van der Waals surface area contributed by atoms with Crippen LogP contribution in [0.1, 0.15) is 13.8 Å². The number of rotatable bonds is 1. The summed E-state index contributed by atoms with van der Waals surface area (Å²) in [4.78, 5) is 0. The molecular formula is C6H14N2O2S2. The Morgan fingerprint density at radius 2 is 2.08 bits per heavy atom. The molecule has 0 bridgehead atoms. The third-order valence-electron chi connectivity index (χ3n) is 1.75. The van der Waals surface area contributed by atoms with E-state index in [1.165, 1.54) is 4.31 Å². The minimum absolute atomic E-state index is 0.00924. The van der Waals surface area contributed by atoms with E-state index in [4.69, 9.17) is 5.14 Å². The molecule has 1 saturated heterocycles. The molecule has 0 spiro atoms. The summed E-state index contributed by atoms with van der Waals surface area (Å²) in [6.45, 7) is 5.09. The Balaban J connectivity index is 2.71. The molecule has 0 radical (unpaired) electrons. The van der Waals surface area contributed by atoms with Crippen molar-refractivity contribution in [2.75, 3.05) is 18.8 Å². The fourth-order valence-electron chi connectivity index (χ4n) is 1.19. The third-order valence-corrected chi connectivity index (χ3v) is 4.08. The molecule has 0 atom stereocenters. The largest absolute Gasteiger partial charge is 0.276 e. The van der Waals surface area contributed by atoms with Gasteiger partial charge in [0.2, 0.25) is 0 Å². The van der Waals surface area contributed by atoms with E-state index in [1.807, 2.05) is 13.8 Å². The first-order valence-electron chi connectivity index (χ1n) is 3.73. The SMILES string of the molecule is CC1(C)CN(S(N)(=O)=O)CCS1. The number of hydrogen-bond acceptors (Lipinski definition) is 3. The van der Waals surface area contributed by atoms with Crippen LogP contribution in [-0.4, -0.2) is 36.3 Å². The minimum atomic E-state index is -3.48. The summed E-state index contributed by atoms with van der Waals surface area (Å²) in [5, 5.41) is 5.02. The van der Waals surface area contributed by atoms with Crippen molar-refractivity contribution < 1.29 is 8.42 Å². The van der Waals surface area contributed by atoms with Crippen molar-refractivity contribution in [3.8, 4) is 0 Å². The second kappa shape index (κ2) is 3.17. The Hall–Kier alpha value is 0.220.